The number of hydrogen-bond acceptors (Lipinski definition) is 4. The first-order valence-electron chi connectivity index (χ1n) is 8.71. The lowest BCUT2D eigenvalue weighted by Crippen LogP contribution is -2.39. The van der Waals surface area contributed by atoms with Gasteiger partial charge >= 0.3 is 6.03 Å². The molecule has 2 rings (SSSR count). The van der Waals surface area contributed by atoms with Gasteiger partial charge in [-0.3, -0.25) is 0 Å². The highest BCUT2D eigenvalue weighted by Crippen LogP contribution is 2.16. The smallest absolute Gasteiger partial charge is 0.315 e. The van der Waals surface area contributed by atoms with Gasteiger partial charge in [0.05, 0.1) is 20.2 Å². The Morgan fingerprint density at radius 1 is 0.808 bits per heavy atom. The molecule has 0 heterocycles. The molecule has 6 nitrogen and oxygen atoms in total. The number of ether oxygens (including phenoxy) is 3. The third-order valence-electron chi connectivity index (χ3n) is 3.70. The number of carbonyl (C=O) groups excluding carboxylic acids is 1. The van der Waals surface area contributed by atoms with Gasteiger partial charge in [-0.1, -0.05) is 19.1 Å². The van der Waals surface area contributed by atoms with Crippen molar-refractivity contribution in [2.24, 2.45) is 0 Å². The topological polar surface area (TPSA) is 68.8 Å². The van der Waals surface area contributed by atoms with Crippen molar-refractivity contribution >= 4 is 6.03 Å². The summed E-state index contributed by atoms with van der Waals surface area (Å²) < 4.78 is 16.2. The molecular formula is C20H26N2O4. The standard InChI is InChI=1S/C20H26N2O4/c1-3-16-4-6-18(7-5-16)25-14-12-21-20(23)22-13-15-26-19-10-8-17(24-2)9-11-19/h4-11H,3,12-15H2,1-2H3,(H2,21,22,23). The molecule has 2 N–H and O–H groups in total. The van der Waals surface area contributed by atoms with Gasteiger partial charge in [-0.25, -0.2) is 4.79 Å². The minimum atomic E-state index is -0.242. The van der Waals surface area contributed by atoms with Crippen molar-refractivity contribution in [1.82, 2.24) is 10.6 Å². The Labute approximate surface area is 154 Å². The first-order valence-corrected chi connectivity index (χ1v) is 8.71. The van der Waals surface area contributed by atoms with E-state index in [4.69, 9.17) is 14.2 Å². The van der Waals surface area contributed by atoms with Gasteiger partial charge < -0.3 is 24.8 Å². The number of benzene rings is 2. The molecule has 0 atom stereocenters. The van der Waals surface area contributed by atoms with Gasteiger partial charge in [0.15, 0.2) is 0 Å². The lowest BCUT2D eigenvalue weighted by atomic mass is 10.2. The molecule has 0 radical (unpaired) electrons. The fraction of sp³-hybridized carbons (Fsp3) is 0.350. The number of nitrogens with one attached hydrogen (secondary N) is 2. The minimum absolute atomic E-state index is 0.242. The predicted molar refractivity (Wildman–Crippen MR) is 101 cm³/mol. The number of urea groups is 1. The van der Waals surface area contributed by atoms with E-state index in [1.165, 1.54) is 5.56 Å². The maximum atomic E-state index is 11.7. The number of carbonyl (C=O) groups is 1. The van der Waals surface area contributed by atoms with E-state index in [0.717, 1.165) is 23.7 Å². The van der Waals surface area contributed by atoms with Gasteiger partial charge in [0, 0.05) is 0 Å². The largest absolute Gasteiger partial charge is 0.497 e. The van der Waals surface area contributed by atoms with Crippen molar-refractivity contribution < 1.29 is 19.0 Å². The molecule has 2 aromatic carbocycles. The number of aryl methyl sites for hydroxylation is 1. The summed E-state index contributed by atoms with van der Waals surface area (Å²) in [6, 6.07) is 15.0. The zero-order valence-corrected chi connectivity index (χ0v) is 15.3. The van der Waals surface area contributed by atoms with Crippen molar-refractivity contribution in [2.75, 3.05) is 33.4 Å². The van der Waals surface area contributed by atoms with Gasteiger partial charge in [0.1, 0.15) is 30.5 Å². The second kappa shape index (κ2) is 10.9. The zero-order valence-electron chi connectivity index (χ0n) is 15.3. The molecule has 0 saturated heterocycles. The minimum Gasteiger partial charge on any atom is -0.497 e. The molecule has 0 bridgehead atoms. The third-order valence-corrected chi connectivity index (χ3v) is 3.70. The molecule has 2 amide bonds. The van der Waals surface area contributed by atoms with E-state index in [1.54, 1.807) is 7.11 Å². The first-order chi connectivity index (χ1) is 12.7. The lowest BCUT2D eigenvalue weighted by molar-refractivity contribution is 0.232. The van der Waals surface area contributed by atoms with E-state index in [-0.39, 0.29) is 6.03 Å². The molecule has 0 aliphatic heterocycles. The van der Waals surface area contributed by atoms with Crippen LogP contribution in [0.1, 0.15) is 12.5 Å². The fourth-order valence-electron chi connectivity index (χ4n) is 2.22. The van der Waals surface area contributed by atoms with Crippen molar-refractivity contribution in [3.63, 3.8) is 0 Å². The predicted octanol–water partition coefficient (Wildman–Crippen LogP) is 3.01. The van der Waals surface area contributed by atoms with Gasteiger partial charge in [0.25, 0.3) is 0 Å². The molecule has 6 heteroatoms. The Morgan fingerprint density at radius 3 is 1.73 bits per heavy atom. The summed E-state index contributed by atoms with van der Waals surface area (Å²) >= 11 is 0. The number of rotatable bonds is 10. The van der Waals surface area contributed by atoms with Crippen LogP contribution >= 0.6 is 0 Å². The molecule has 140 valence electrons. The van der Waals surface area contributed by atoms with Crippen LogP contribution in [-0.4, -0.2) is 39.4 Å². The maximum Gasteiger partial charge on any atom is 0.315 e. The van der Waals surface area contributed by atoms with E-state index in [2.05, 4.69) is 17.6 Å². The van der Waals surface area contributed by atoms with Crippen LogP contribution in [0, 0.1) is 0 Å². The van der Waals surface area contributed by atoms with Gasteiger partial charge in [-0.05, 0) is 48.4 Å². The number of hydrogen-bond donors (Lipinski definition) is 2. The molecule has 26 heavy (non-hydrogen) atoms. The average Bonchev–Trinajstić information content (AvgIpc) is 2.69. The van der Waals surface area contributed by atoms with Gasteiger partial charge in [0.2, 0.25) is 0 Å². The molecule has 0 spiro atoms. The molecule has 0 unspecified atom stereocenters. The van der Waals surface area contributed by atoms with Crippen molar-refractivity contribution in [3.8, 4) is 17.2 Å². The monoisotopic (exact) mass is 358 g/mol. The second-order valence-corrected chi connectivity index (χ2v) is 5.55. The Kier molecular flexibility index (Phi) is 8.12. The molecule has 0 fully saturated rings. The van der Waals surface area contributed by atoms with Crippen molar-refractivity contribution in [2.45, 2.75) is 13.3 Å². The van der Waals surface area contributed by atoms with E-state index in [9.17, 15) is 4.79 Å². The molecular weight excluding hydrogens is 332 g/mol. The molecule has 0 aromatic heterocycles. The number of methoxy groups -OCH3 is 1. The van der Waals surface area contributed by atoms with Crippen molar-refractivity contribution in [1.29, 1.82) is 0 Å². The maximum absolute atomic E-state index is 11.7. The second-order valence-electron chi connectivity index (χ2n) is 5.55. The van der Waals surface area contributed by atoms with Gasteiger partial charge in [-0.2, -0.15) is 0 Å². The van der Waals surface area contributed by atoms with Crippen LogP contribution in [0.25, 0.3) is 0 Å². The van der Waals surface area contributed by atoms with Crippen LogP contribution in [0.2, 0.25) is 0 Å². The lowest BCUT2D eigenvalue weighted by Gasteiger charge is -2.10. The number of amides is 2. The summed E-state index contributed by atoms with van der Waals surface area (Å²) in [7, 11) is 1.62. The van der Waals surface area contributed by atoms with E-state index < -0.39 is 0 Å². The zero-order chi connectivity index (χ0) is 18.6. The van der Waals surface area contributed by atoms with Gasteiger partial charge in [-0.15, -0.1) is 0 Å². The highest BCUT2D eigenvalue weighted by Gasteiger charge is 2.00. The van der Waals surface area contributed by atoms with E-state index in [0.29, 0.717) is 26.3 Å². The summed E-state index contributed by atoms with van der Waals surface area (Å²) in [5, 5.41) is 5.48. The fourth-order valence-corrected chi connectivity index (χ4v) is 2.22. The van der Waals surface area contributed by atoms with E-state index >= 15 is 0 Å². The SMILES string of the molecule is CCc1ccc(OCCNC(=O)NCCOc2ccc(OC)cc2)cc1. The van der Waals surface area contributed by atoms with E-state index in [1.807, 2.05) is 48.5 Å². The van der Waals surface area contributed by atoms with Crippen LogP contribution in [0.5, 0.6) is 17.2 Å². The summed E-state index contributed by atoms with van der Waals surface area (Å²) in [6.07, 6.45) is 1.00. The van der Waals surface area contributed by atoms with Crippen LogP contribution in [0.3, 0.4) is 0 Å². The van der Waals surface area contributed by atoms with Crippen LogP contribution in [-0.2, 0) is 6.42 Å². The average molecular weight is 358 g/mol. The molecule has 0 saturated carbocycles. The summed E-state index contributed by atoms with van der Waals surface area (Å²) in [6.45, 7) is 3.76. The Hall–Kier alpha value is -2.89. The highest BCUT2D eigenvalue weighted by molar-refractivity contribution is 5.73. The van der Waals surface area contributed by atoms with Crippen molar-refractivity contribution in [3.05, 3.63) is 54.1 Å². The normalized spacial score (nSPS) is 10.1. The summed E-state index contributed by atoms with van der Waals surface area (Å²) in [4.78, 5) is 11.7. The Morgan fingerprint density at radius 2 is 1.27 bits per heavy atom. The third kappa shape index (κ3) is 6.93. The first kappa shape index (κ1) is 19.4. The van der Waals surface area contributed by atoms with Crippen LogP contribution in [0.4, 0.5) is 4.79 Å². The summed E-state index contributed by atoms with van der Waals surface area (Å²) in [5.74, 6) is 2.31. The quantitative estimate of drug-likeness (QED) is 0.641. The molecule has 0 aliphatic rings. The molecule has 2 aromatic rings. The Balaban J connectivity index is 1.52. The van der Waals surface area contributed by atoms with Crippen LogP contribution < -0.4 is 24.8 Å². The molecule has 0 aliphatic carbocycles. The Bertz CT molecular complexity index is 599. The highest BCUT2D eigenvalue weighted by atomic mass is 16.5. The summed E-state index contributed by atoms with van der Waals surface area (Å²) in [5.41, 5.74) is 1.27. The van der Waals surface area contributed by atoms with Crippen LogP contribution in [0.15, 0.2) is 48.5 Å².